The van der Waals surface area contributed by atoms with Crippen LogP contribution >= 0.6 is 11.6 Å². The van der Waals surface area contributed by atoms with Gasteiger partial charge in [-0.25, -0.2) is 0 Å². The quantitative estimate of drug-likeness (QED) is 0.893. The summed E-state index contributed by atoms with van der Waals surface area (Å²) in [6, 6.07) is 3.86. The molecular formula is C13H13ClN2O2. The Balaban J connectivity index is 2.51. The van der Waals surface area contributed by atoms with Gasteiger partial charge >= 0.3 is 0 Å². The lowest BCUT2D eigenvalue weighted by molar-refractivity contribution is -0.120. The van der Waals surface area contributed by atoms with Crippen LogP contribution in [0.1, 0.15) is 17.5 Å². The van der Waals surface area contributed by atoms with Crippen molar-refractivity contribution in [1.82, 2.24) is 0 Å². The molecule has 1 atom stereocenters. The maximum absolute atomic E-state index is 11.9. The van der Waals surface area contributed by atoms with Crippen LogP contribution in [0.2, 0.25) is 5.02 Å². The molecule has 1 aliphatic rings. The van der Waals surface area contributed by atoms with E-state index in [1.165, 1.54) is 7.11 Å². The zero-order valence-electron chi connectivity index (χ0n) is 10.2. The zero-order chi connectivity index (χ0) is 13.3. The van der Waals surface area contributed by atoms with Crippen LogP contribution in [0.4, 0.5) is 5.69 Å². The number of ether oxygens (including phenoxy) is 1. The summed E-state index contributed by atoms with van der Waals surface area (Å²) in [7, 11) is 1.52. The Morgan fingerprint density at radius 1 is 1.67 bits per heavy atom. The lowest BCUT2D eigenvalue weighted by atomic mass is 9.88. The highest BCUT2D eigenvalue weighted by Crippen LogP contribution is 2.41. The molecule has 0 radical (unpaired) electrons. The van der Waals surface area contributed by atoms with Gasteiger partial charge in [-0.1, -0.05) is 11.6 Å². The highest BCUT2D eigenvalue weighted by molar-refractivity contribution is 6.33. The highest BCUT2D eigenvalue weighted by Gasteiger charge is 2.30. The molecule has 1 aliphatic heterocycles. The molecule has 0 fully saturated rings. The molecule has 94 valence electrons. The molecule has 4 nitrogen and oxygen atoms in total. The Kier molecular flexibility index (Phi) is 3.44. The second kappa shape index (κ2) is 4.87. The number of benzene rings is 1. The van der Waals surface area contributed by atoms with Crippen LogP contribution in [0.3, 0.4) is 0 Å². The fourth-order valence-corrected chi connectivity index (χ4v) is 2.57. The number of hydrogen-bond donors (Lipinski definition) is 1. The van der Waals surface area contributed by atoms with E-state index < -0.39 is 0 Å². The third-order valence-electron chi connectivity index (χ3n) is 3.18. The molecule has 1 heterocycles. The standard InChI is InChI=1S/C13H13ClN2O2/c1-7-5-10(14)12(18-2)11-9(7)6-8(3-4-15)13(17)16-11/h5,8H,3,6H2,1-2H3,(H,16,17). The summed E-state index contributed by atoms with van der Waals surface area (Å²) in [5, 5.41) is 12.0. The smallest absolute Gasteiger partial charge is 0.228 e. The predicted octanol–water partition coefficient (Wildman–Crippen LogP) is 2.68. The van der Waals surface area contributed by atoms with Gasteiger partial charge in [0.25, 0.3) is 0 Å². The fourth-order valence-electron chi connectivity index (χ4n) is 2.23. The van der Waals surface area contributed by atoms with Crippen molar-refractivity contribution in [2.24, 2.45) is 5.92 Å². The van der Waals surface area contributed by atoms with Crippen molar-refractivity contribution >= 4 is 23.2 Å². The maximum atomic E-state index is 11.9. The maximum Gasteiger partial charge on any atom is 0.228 e. The van der Waals surface area contributed by atoms with Gasteiger partial charge in [0, 0.05) is 6.42 Å². The summed E-state index contributed by atoms with van der Waals surface area (Å²) in [6.45, 7) is 1.94. The Hall–Kier alpha value is -1.73. The number of fused-ring (bicyclic) bond motifs is 1. The van der Waals surface area contributed by atoms with Gasteiger partial charge < -0.3 is 10.1 Å². The van der Waals surface area contributed by atoms with E-state index in [-0.39, 0.29) is 18.2 Å². The number of carbonyl (C=O) groups excluding carboxylic acids is 1. The van der Waals surface area contributed by atoms with Crippen molar-refractivity contribution in [2.45, 2.75) is 19.8 Å². The number of hydrogen-bond acceptors (Lipinski definition) is 3. The Bertz CT molecular complexity index is 549. The van der Waals surface area contributed by atoms with Crippen LogP contribution in [0.5, 0.6) is 5.75 Å². The second-order valence-corrected chi connectivity index (χ2v) is 4.72. The summed E-state index contributed by atoms with van der Waals surface area (Å²) in [5.74, 6) is 0.0390. The van der Waals surface area contributed by atoms with Gasteiger partial charge in [0.05, 0.1) is 29.8 Å². The molecular weight excluding hydrogens is 252 g/mol. The van der Waals surface area contributed by atoms with Crippen molar-refractivity contribution in [2.75, 3.05) is 12.4 Å². The number of nitrogens with one attached hydrogen (secondary N) is 1. The van der Waals surface area contributed by atoms with Gasteiger partial charge in [-0.15, -0.1) is 0 Å². The lowest BCUT2D eigenvalue weighted by Crippen LogP contribution is -2.30. The van der Waals surface area contributed by atoms with E-state index in [1.807, 2.05) is 19.1 Å². The summed E-state index contributed by atoms with van der Waals surface area (Å²) < 4.78 is 5.23. The number of rotatable bonds is 2. The number of carbonyl (C=O) groups is 1. The molecule has 1 amide bonds. The van der Waals surface area contributed by atoms with Gasteiger partial charge in [-0.2, -0.15) is 5.26 Å². The van der Waals surface area contributed by atoms with E-state index in [0.29, 0.717) is 22.9 Å². The Labute approximate surface area is 111 Å². The molecule has 0 saturated carbocycles. The summed E-state index contributed by atoms with van der Waals surface area (Å²) in [5.41, 5.74) is 2.64. The van der Waals surface area contributed by atoms with Gasteiger partial charge in [0.1, 0.15) is 0 Å². The monoisotopic (exact) mass is 264 g/mol. The van der Waals surface area contributed by atoms with Crippen LogP contribution in [0, 0.1) is 24.2 Å². The van der Waals surface area contributed by atoms with Crippen molar-refractivity contribution in [3.63, 3.8) is 0 Å². The largest absolute Gasteiger partial charge is 0.493 e. The average Bonchev–Trinajstić information content (AvgIpc) is 2.32. The number of nitrogens with zero attached hydrogens (tertiary/aromatic N) is 1. The number of methoxy groups -OCH3 is 1. The minimum atomic E-state index is -0.299. The SMILES string of the molecule is COc1c(Cl)cc(C)c2c1NC(=O)C(CC#N)C2. The predicted molar refractivity (Wildman–Crippen MR) is 68.8 cm³/mol. The van der Waals surface area contributed by atoms with E-state index in [2.05, 4.69) is 5.32 Å². The second-order valence-electron chi connectivity index (χ2n) is 4.31. The minimum Gasteiger partial charge on any atom is -0.493 e. The van der Waals surface area contributed by atoms with E-state index in [1.54, 1.807) is 0 Å². The topological polar surface area (TPSA) is 62.1 Å². The van der Waals surface area contributed by atoms with Gasteiger partial charge in [0.2, 0.25) is 5.91 Å². The van der Waals surface area contributed by atoms with Crippen LogP contribution in [-0.2, 0) is 11.2 Å². The molecule has 0 spiro atoms. The molecule has 0 aromatic heterocycles. The van der Waals surface area contributed by atoms with Crippen molar-refractivity contribution < 1.29 is 9.53 Å². The molecule has 1 unspecified atom stereocenters. The Morgan fingerprint density at radius 2 is 2.39 bits per heavy atom. The van der Waals surface area contributed by atoms with Crippen LogP contribution in [0.15, 0.2) is 6.07 Å². The van der Waals surface area contributed by atoms with Crippen LogP contribution < -0.4 is 10.1 Å². The Morgan fingerprint density at radius 3 is 3.00 bits per heavy atom. The third-order valence-corrected chi connectivity index (χ3v) is 3.46. The normalized spacial score (nSPS) is 17.7. The van der Waals surface area contributed by atoms with Gasteiger partial charge in [0.15, 0.2) is 5.75 Å². The van der Waals surface area contributed by atoms with E-state index >= 15 is 0 Å². The fraction of sp³-hybridized carbons (Fsp3) is 0.385. The number of aryl methyl sites for hydroxylation is 1. The first-order valence-electron chi connectivity index (χ1n) is 5.62. The minimum absolute atomic E-state index is 0.149. The van der Waals surface area contributed by atoms with E-state index in [9.17, 15) is 4.79 Å². The third kappa shape index (κ3) is 2.02. The molecule has 1 aromatic rings. The summed E-state index contributed by atoms with van der Waals surface area (Å²) in [4.78, 5) is 11.9. The van der Waals surface area contributed by atoms with Crippen molar-refractivity contribution in [3.8, 4) is 11.8 Å². The first-order chi connectivity index (χ1) is 8.58. The zero-order valence-corrected chi connectivity index (χ0v) is 11.0. The molecule has 0 aliphatic carbocycles. The number of nitriles is 1. The molecule has 1 N–H and O–H groups in total. The lowest BCUT2D eigenvalue weighted by Gasteiger charge is -2.26. The van der Waals surface area contributed by atoms with Crippen molar-refractivity contribution in [3.05, 3.63) is 22.2 Å². The van der Waals surface area contributed by atoms with E-state index in [0.717, 1.165) is 11.1 Å². The molecule has 5 heteroatoms. The number of amides is 1. The molecule has 2 rings (SSSR count). The average molecular weight is 265 g/mol. The van der Waals surface area contributed by atoms with Crippen molar-refractivity contribution in [1.29, 1.82) is 5.26 Å². The first kappa shape index (κ1) is 12.7. The molecule has 1 aromatic carbocycles. The summed E-state index contributed by atoms with van der Waals surface area (Å²) in [6.07, 6.45) is 0.768. The first-order valence-corrected chi connectivity index (χ1v) is 6.00. The number of halogens is 1. The molecule has 0 bridgehead atoms. The number of anilines is 1. The van der Waals surface area contributed by atoms with Crippen LogP contribution in [-0.4, -0.2) is 13.0 Å². The van der Waals surface area contributed by atoms with Gasteiger partial charge in [-0.05, 0) is 30.5 Å². The van der Waals surface area contributed by atoms with Crippen LogP contribution in [0.25, 0.3) is 0 Å². The van der Waals surface area contributed by atoms with E-state index in [4.69, 9.17) is 21.6 Å². The highest BCUT2D eigenvalue weighted by atomic mass is 35.5. The van der Waals surface area contributed by atoms with Gasteiger partial charge in [-0.3, -0.25) is 4.79 Å². The summed E-state index contributed by atoms with van der Waals surface area (Å²) >= 11 is 6.08. The molecule has 18 heavy (non-hydrogen) atoms. The molecule has 0 saturated heterocycles.